The summed E-state index contributed by atoms with van der Waals surface area (Å²) in [7, 11) is 1.20. The fourth-order valence-corrected chi connectivity index (χ4v) is 3.93. The Bertz CT molecular complexity index is 1490. The highest BCUT2D eigenvalue weighted by atomic mass is 19.4. The van der Waals surface area contributed by atoms with Crippen LogP contribution < -0.4 is 25.7 Å². The molecule has 0 unspecified atom stereocenters. The molecular formula is C30H29F5N2O7. The number of nitrogens with two attached hydrogens (primary N) is 2. The van der Waals surface area contributed by atoms with E-state index in [4.69, 9.17) is 30.4 Å². The molecule has 44 heavy (non-hydrogen) atoms. The summed E-state index contributed by atoms with van der Waals surface area (Å²) in [6.07, 6.45) is -6.97. The Morgan fingerprint density at radius 3 is 2.27 bits per heavy atom. The second-order valence-corrected chi connectivity index (χ2v) is 9.31. The Hall–Kier alpha value is -5.01. The van der Waals surface area contributed by atoms with Crippen molar-refractivity contribution in [2.45, 2.75) is 31.5 Å². The molecule has 5 N–H and O–H groups in total. The molecule has 3 aromatic carbocycles. The normalized spacial score (nSPS) is 11.8. The van der Waals surface area contributed by atoms with Crippen LogP contribution in [0.25, 0.3) is 6.08 Å². The van der Waals surface area contributed by atoms with Crippen molar-refractivity contribution in [1.29, 1.82) is 0 Å². The molecule has 3 aromatic rings. The quantitative estimate of drug-likeness (QED) is 0.0627. The number of esters is 1. The molecule has 0 saturated carbocycles. The van der Waals surface area contributed by atoms with E-state index in [-0.39, 0.29) is 65.8 Å². The SMILES string of the molecule is COc1cc(C(F)(F)Oc2ccc(C=CC(=O)OCCc3c(N)cc(N)cc3C(=O)O)cc2)ccc1OCCCC(F)(F)F. The highest BCUT2D eigenvalue weighted by Crippen LogP contribution is 2.37. The van der Waals surface area contributed by atoms with Crippen LogP contribution in [0.2, 0.25) is 0 Å². The van der Waals surface area contributed by atoms with Gasteiger partial charge in [0.15, 0.2) is 11.5 Å². The number of hydrogen-bond donors (Lipinski definition) is 3. The first-order valence-corrected chi connectivity index (χ1v) is 13.0. The van der Waals surface area contributed by atoms with E-state index in [0.29, 0.717) is 5.56 Å². The zero-order valence-electron chi connectivity index (χ0n) is 23.3. The number of nitrogen functional groups attached to an aromatic ring is 2. The van der Waals surface area contributed by atoms with Gasteiger partial charge in [0.1, 0.15) is 5.75 Å². The Kier molecular flexibility index (Phi) is 11.0. The van der Waals surface area contributed by atoms with Gasteiger partial charge in [-0.15, -0.1) is 0 Å². The number of ether oxygens (including phenoxy) is 4. The molecule has 236 valence electrons. The first-order chi connectivity index (χ1) is 20.7. The molecule has 9 nitrogen and oxygen atoms in total. The van der Waals surface area contributed by atoms with Crippen LogP contribution in [-0.4, -0.2) is 43.5 Å². The van der Waals surface area contributed by atoms with E-state index in [1.165, 1.54) is 49.6 Å². The van der Waals surface area contributed by atoms with Crippen LogP contribution in [0.3, 0.4) is 0 Å². The van der Waals surface area contributed by atoms with E-state index < -0.39 is 36.2 Å². The fraction of sp³-hybridized carbons (Fsp3) is 0.267. The lowest BCUT2D eigenvalue weighted by atomic mass is 10.0. The Balaban J connectivity index is 1.55. The van der Waals surface area contributed by atoms with Crippen molar-refractivity contribution in [3.05, 3.63) is 82.9 Å². The van der Waals surface area contributed by atoms with E-state index in [1.807, 2.05) is 0 Å². The number of carboxylic acid groups (broad SMARTS) is 1. The van der Waals surface area contributed by atoms with Gasteiger partial charge in [0.05, 0.1) is 31.5 Å². The van der Waals surface area contributed by atoms with Crippen molar-refractivity contribution in [2.75, 3.05) is 31.8 Å². The van der Waals surface area contributed by atoms with Crippen molar-refractivity contribution in [3.8, 4) is 17.2 Å². The summed E-state index contributed by atoms with van der Waals surface area (Å²) in [6, 6.07) is 11.1. The highest BCUT2D eigenvalue weighted by Gasteiger charge is 2.35. The van der Waals surface area contributed by atoms with Crippen molar-refractivity contribution < 1.29 is 55.6 Å². The van der Waals surface area contributed by atoms with Crippen molar-refractivity contribution in [3.63, 3.8) is 0 Å². The predicted molar refractivity (Wildman–Crippen MR) is 151 cm³/mol. The number of hydrogen-bond acceptors (Lipinski definition) is 8. The zero-order valence-corrected chi connectivity index (χ0v) is 23.3. The smallest absolute Gasteiger partial charge is 0.426 e. The van der Waals surface area contributed by atoms with Crippen LogP contribution >= 0.6 is 0 Å². The van der Waals surface area contributed by atoms with Gasteiger partial charge in [-0.3, -0.25) is 0 Å². The van der Waals surface area contributed by atoms with Crippen LogP contribution in [0.5, 0.6) is 17.2 Å². The van der Waals surface area contributed by atoms with Crippen LogP contribution in [0, 0.1) is 0 Å². The number of carboxylic acids is 1. The summed E-state index contributed by atoms with van der Waals surface area (Å²) in [4.78, 5) is 23.5. The topological polar surface area (TPSA) is 143 Å². The molecule has 0 amide bonds. The number of aromatic carboxylic acids is 1. The lowest BCUT2D eigenvalue weighted by molar-refractivity contribution is -0.185. The lowest BCUT2D eigenvalue weighted by Gasteiger charge is -2.20. The first kappa shape index (κ1) is 33.5. The van der Waals surface area contributed by atoms with E-state index in [1.54, 1.807) is 0 Å². The molecule has 0 aliphatic heterocycles. The van der Waals surface area contributed by atoms with Crippen molar-refractivity contribution in [1.82, 2.24) is 0 Å². The van der Waals surface area contributed by atoms with Gasteiger partial charge in [-0.1, -0.05) is 12.1 Å². The number of carbonyl (C=O) groups is 2. The van der Waals surface area contributed by atoms with Crippen LogP contribution in [-0.2, 0) is 22.1 Å². The van der Waals surface area contributed by atoms with Gasteiger partial charge in [0.25, 0.3) is 0 Å². The van der Waals surface area contributed by atoms with Crippen LogP contribution in [0.1, 0.15) is 39.9 Å². The molecule has 0 radical (unpaired) electrons. The maximum absolute atomic E-state index is 14.9. The number of rotatable bonds is 14. The molecule has 0 bridgehead atoms. The summed E-state index contributed by atoms with van der Waals surface area (Å²) >= 11 is 0. The monoisotopic (exact) mass is 624 g/mol. The van der Waals surface area contributed by atoms with E-state index in [2.05, 4.69) is 0 Å². The molecule has 0 saturated heterocycles. The third-order valence-electron chi connectivity index (χ3n) is 6.03. The Morgan fingerprint density at radius 2 is 1.64 bits per heavy atom. The summed E-state index contributed by atoms with van der Waals surface area (Å²) < 4.78 is 86.9. The van der Waals surface area contributed by atoms with Crippen LogP contribution in [0.4, 0.5) is 33.3 Å². The lowest BCUT2D eigenvalue weighted by Crippen LogP contribution is -2.22. The average molecular weight is 625 g/mol. The zero-order chi connectivity index (χ0) is 32.5. The molecule has 3 rings (SSSR count). The fourth-order valence-electron chi connectivity index (χ4n) is 3.93. The van der Waals surface area contributed by atoms with Crippen molar-refractivity contribution >= 4 is 29.4 Å². The molecule has 0 spiro atoms. The number of halogens is 5. The van der Waals surface area contributed by atoms with E-state index >= 15 is 0 Å². The molecule has 0 aliphatic carbocycles. The van der Waals surface area contributed by atoms with Gasteiger partial charge in [-0.05, 0) is 66.1 Å². The van der Waals surface area contributed by atoms with Gasteiger partial charge in [0.2, 0.25) is 0 Å². The third kappa shape index (κ3) is 9.78. The summed E-state index contributed by atoms with van der Waals surface area (Å²) in [5.74, 6) is -2.26. The van der Waals surface area contributed by atoms with Gasteiger partial charge in [0, 0.05) is 30.3 Å². The Labute approximate surface area is 248 Å². The minimum Gasteiger partial charge on any atom is -0.493 e. The predicted octanol–water partition coefficient (Wildman–Crippen LogP) is 6.21. The van der Waals surface area contributed by atoms with E-state index in [9.17, 15) is 36.6 Å². The maximum atomic E-state index is 14.9. The molecule has 0 aliphatic rings. The third-order valence-corrected chi connectivity index (χ3v) is 6.03. The van der Waals surface area contributed by atoms with Gasteiger partial charge < -0.3 is 35.5 Å². The second-order valence-electron chi connectivity index (χ2n) is 9.31. The maximum Gasteiger partial charge on any atom is 0.426 e. The van der Waals surface area contributed by atoms with Crippen LogP contribution in [0.15, 0.2) is 60.7 Å². The van der Waals surface area contributed by atoms with Gasteiger partial charge in [-0.25, -0.2) is 9.59 Å². The molecule has 0 aromatic heterocycles. The number of benzene rings is 3. The average Bonchev–Trinajstić information content (AvgIpc) is 2.95. The first-order valence-electron chi connectivity index (χ1n) is 13.0. The summed E-state index contributed by atoms with van der Waals surface area (Å²) in [6.45, 7) is -0.442. The molecule has 0 heterocycles. The second kappa shape index (κ2) is 14.4. The van der Waals surface area contributed by atoms with E-state index in [0.717, 1.165) is 24.3 Å². The minimum atomic E-state index is -4.33. The number of alkyl halides is 5. The minimum absolute atomic E-state index is 0.00304. The molecule has 0 atom stereocenters. The summed E-state index contributed by atoms with van der Waals surface area (Å²) in [5.41, 5.74) is 11.9. The molecule has 14 heteroatoms. The number of carbonyl (C=O) groups excluding carboxylic acids is 1. The number of anilines is 2. The highest BCUT2D eigenvalue weighted by molar-refractivity contribution is 5.92. The largest absolute Gasteiger partial charge is 0.493 e. The Morgan fingerprint density at radius 1 is 0.932 bits per heavy atom. The van der Waals surface area contributed by atoms with Gasteiger partial charge in [-0.2, -0.15) is 22.0 Å². The summed E-state index contributed by atoms with van der Waals surface area (Å²) in [5, 5.41) is 9.34. The van der Waals surface area contributed by atoms with Gasteiger partial charge >= 0.3 is 24.2 Å². The van der Waals surface area contributed by atoms with Crippen molar-refractivity contribution in [2.24, 2.45) is 0 Å². The molecule has 0 fully saturated rings. The number of methoxy groups -OCH3 is 1. The molecular weight excluding hydrogens is 595 g/mol. The standard InChI is InChI=1S/C30H29F5N2O7/c1-41-26-15-19(6-9-25(26)42-13-2-12-29(31,32)33)30(34,35)44-21-7-3-18(4-8-21)5-10-27(38)43-14-11-22-23(28(39)40)16-20(36)17-24(22)37/h3-10,15-17H,2,11-14,36-37H2,1H3,(H,39,40).